The van der Waals surface area contributed by atoms with Gasteiger partial charge in [0.25, 0.3) is 0 Å². The molecule has 1 saturated heterocycles. The Morgan fingerprint density at radius 2 is 2.33 bits per heavy atom. The predicted octanol–water partition coefficient (Wildman–Crippen LogP) is 1.49. The molecule has 2 rings (SSSR count). The summed E-state index contributed by atoms with van der Waals surface area (Å²) in [5, 5.41) is 12.1. The number of aromatic nitrogens is 1. The standard InChI is InChI=1S/C13H18N4O/c1-18-12-3-2-7-15-13(12)16-11-4-8-17(9-5-11)10-6-14/h2-3,7,11H,4-5,8-10H2,1H3,(H,15,16). The van der Waals surface area contributed by atoms with E-state index in [1.54, 1.807) is 13.3 Å². The molecule has 0 aromatic carbocycles. The zero-order valence-corrected chi connectivity index (χ0v) is 10.6. The second-order valence-corrected chi connectivity index (χ2v) is 4.41. The molecule has 2 heterocycles. The number of likely N-dealkylation sites (tertiary alicyclic amines) is 1. The molecule has 96 valence electrons. The van der Waals surface area contributed by atoms with Crippen LogP contribution in [0, 0.1) is 11.3 Å². The summed E-state index contributed by atoms with van der Waals surface area (Å²) in [5.41, 5.74) is 0. The first kappa shape index (κ1) is 12.7. The van der Waals surface area contributed by atoms with Gasteiger partial charge in [0.05, 0.1) is 19.7 Å². The zero-order valence-electron chi connectivity index (χ0n) is 10.6. The number of anilines is 1. The molecule has 0 aliphatic carbocycles. The summed E-state index contributed by atoms with van der Waals surface area (Å²) in [7, 11) is 1.65. The molecule has 0 spiro atoms. The van der Waals surface area contributed by atoms with Crippen molar-refractivity contribution in [3.63, 3.8) is 0 Å². The second kappa shape index (κ2) is 6.22. The smallest absolute Gasteiger partial charge is 0.168 e. The number of pyridine rings is 1. The lowest BCUT2D eigenvalue weighted by Crippen LogP contribution is -2.39. The van der Waals surface area contributed by atoms with E-state index < -0.39 is 0 Å². The van der Waals surface area contributed by atoms with Crippen molar-refractivity contribution in [2.24, 2.45) is 0 Å². The van der Waals surface area contributed by atoms with Crippen molar-refractivity contribution in [2.75, 3.05) is 32.1 Å². The molecule has 1 N–H and O–H groups in total. The minimum Gasteiger partial charge on any atom is -0.493 e. The van der Waals surface area contributed by atoms with Crippen molar-refractivity contribution in [3.8, 4) is 11.8 Å². The maximum absolute atomic E-state index is 8.65. The number of methoxy groups -OCH3 is 1. The lowest BCUT2D eigenvalue weighted by molar-refractivity contribution is 0.242. The summed E-state index contributed by atoms with van der Waals surface area (Å²) in [6.45, 7) is 2.44. The van der Waals surface area contributed by atoms with E-state index in [9.17, 15) is 0 Å². The number of nitrogens with zero attached hydrogens (tertiary/aromatic N) is 3. The summed E-state index contributed by atoms with van der Waals surface area (Å²) in [6, 6.07) is 6.36. The molecule has 0 amide bonds. The van der Waals surface area contributed by atoms with Crippen molar-refractivity contribution in [2.45, 2.75) is 18.9 Å². The Morgan fingerprint density at radius 3 is 3.00 bits per heavy atom. The van der Waals surface area contributed by atoms with Gasteiger partial charge < -0.3 is 10.1 Å². The van der Waals surface area contributed by atoms with E-state index in [1.807, 2.05) is 12.1 Å². The van der Waals surface area contributed by atoms with Gasteiger partial charge in [0, 0.05) is 25.3 Å². The maximum atomic E-state index is 8.65. The van der Waals surface area contributed by atoms with E-state index in [0.717, 1.165) is 37.5 Å². The van der Waals surface area contributed by atoms with Gasteiger partial charge in [-0.05, 0) is 25.0 Å². The highest BCUT2D eigenvalue weighted by atomic mass is 16.5. The van der Waals surface area contributed by atoms with Gasteiger partial charge >= 0.3 is 0 Å². The first-order valence-corrected chi connectivity index (χ1v) is 6.18. The number of nitriles is 1. The van der Waals surface area contributed by atoms with Crippen LogP contribution in [0.5, 0.6) is 5.75 Å². The molecule has 1 aromatic rings. The quantitative estimate of drug-likeness (QED) is 0.816. The zero-order chi connectivity index (χ0) is 12.8. The Bertz CT molecular complexity index is 421. The van der Waals surface area contributed by atoms with Crippen LogP contribution in [0.3, 0.4) is 0 Å². The fourth-order valence-electron chi connectivity index (χ4n) is 2.19. The number of hydrogen-bond acceptors (Lipinski definition) is 5. The Labute approximate surface area is 107 Å². The van der Waals surface area contributed by atoms with Gasteiger partial charge in [0.15, 0.2) is 11.6 Å². The largest absolute Gasteiger partial charge is 0.493 e. The van der Waals surface area contributed by atoms with Crippen LogP contribution in [0.1, 0.15) is 12.8 Å². The van der Waals surface area contributed by atoms with Gasteiger partial charge in [-0.1, -0.05) is 0 Å². The van der Waals surface area contributed by atoms with Gasteiger partial charge in [-0.3, -0.25) is 4.90 Å². The van der Waals surface area contributed by atoms with Crippen LogP contribution >= 0.6 is 0 Å². The average molecular weight is 246 g/mol. The molecule has 1 fully saturated rings. The van der Waals surface area contributed by atoms with Crippen LogP contribution < -0.4 is 10.1 Å². The van der Waals surface area contributed by atoms with Crippen LogP contribution in [0.4, 0.5) is 5.82 Å². The number of piperidine rings is 1. The molecule has 5 nitrogen and oxygen atoms in total. The molecule has 0 bridgehead atoms. The minimum absolute atomic E-state index is 0.406. The third-order valence-electron chi connectivity index (χ3n) is 3.21. The maximum Gasteiger partial charge on any atom is 0.168 e. The number of rotatable bonds is 4. The Morgan fingerprint density at radius 1 is 1.56 bits per heavy atom. The van der Waals surface area contributed by atoms with E-state index in [-0.39, 0.29) is 0 Å². The highest BCUT2D eigenvalue weighted by Gasteiger charge is 2.19. The molecule has 1 aromatic heterocycles. The summed E-state index contributed by atoms with van der Waals surface area (Å²) in [4.78, 5) is 6.47. The van der Waals surface area contributed by atoms with Crippen molar-refractivity contribution >= 4 is 5.82 Å². The normalized spacial score (nSPS) is 17.1. The average Bonchev–Trinajstić information content (AvgIpc) is 2.42. The van der Waals surface area contributed by atoms with Crippen LogP contribution in [0.15, 0.2) is 18.3 Å². The Hall–Kier alpha value is -1.80. The molecule has 5 heteroatoms. The van der Waals surface area contributed by atoms with Crippen LogP contribution in [-0.4, -0.2) is 42.7 Å². The topological polar surface area (TPSA) is 61.2 Å². The summed E-state index contributed by atoms with van der Waals surface area (Å²) < 4.78 is 5.27. The highest BCUT2D eigenvalue weighted by molar-refractivity contribution is 5.50. The molecular weight excluding hydrogens is 228 g/mol. The Balaban J connectivity index is 1.90. The van der Waals surface area contributed by atoms with E-state index >= 15 is 0 Å². The predicted molar refractivity (Wildman–Crippen MR) is 69.5 cm³/mol. The number of nitrogens with one attached hydrogen (secondary N) is 1. The fourth-order valence-corrected chi connectivity index (χ4v) is 2.19. The lowest BCUT2D eigenvalue weighted by atomic mass is 10.1. The molecule has 18 heavy (non-hydrogen) atoms. The monoisotopic (exact) mass is 246 g/mol. The number of hydrogen-bond donors (Lipinski definition) is 1. The summed E-state index contributed by atoms with van der Waals surface area (Å²) >= 11 is 0. The SMILES string of the molecule is COc1cccnc1NC1CCN(CC#N)CC1. The van der Waals surface area contributed by atoms with E-state index in [4.69, 9.17) is 10.00 Å². The molecular formula is C13H18N4O. The minimum atomic E-state index is 0.406. The third-order valence-corrected chi connectivity index (χ3v) is 3.21. The first-order valence-electron chi connectivity index (χ1n) is 6.18. The summed E-state index contributed by atoms with van der Waals surface area (Å²) in [5.74, 6) is 1.58. The van der Waals surface area contributed by atoms with Gasteiger partial charge in [-0.15, -0.1) is 0 Å². The molecule has 0 radical (unpaired) electrons. The van der Waals surface area contributed by atoms with Gasteiger partial charge in [0.2, 0.25) is 0 Å². The van der Waals surface area contributed by atoms with Crippen LogP contribution in [-0.2, 0) is 0 Å². The fraction of sp³-hybridized carbons (Fsp3) is 0.538. The van der Waals surface area contributed by atoms with Crippen molar-refractivity contribution in [1.82, 2.24) is 9.88 Å². The summed E-state index contributed by atoms with van der Waals surface area (Å²) in [6.07, 6.45) is 3.82. The highest BCUT2D eigenvalue weighted by Crippen LogP contribution is 2.23. The molecule has 0 saturated carbocycles. The first-order chi connectivity index (χ1) is 8.83. The molecule has 1 aliphatic rings. The second-order valence-electron chi connectivity index (χ2n) is 4.41. The molecule has 0 atom stereocenters. The van der Waals surface area contributed by atoms with Crippen LogP contribution in [0.25, 0.3) is 0 Å². The van der Waals surface area contributed by atoms with Crippen molar-refractivity contribution in [1.29, 1.82) is 5.26 Å². The van der Waals surface area contributed by atoms with E-state index in [1.165, 1.54) is 0 Å². The number of ether oxygens (including phenoxy) is 1. The third kappa shape index (κ3) is 3.11. The molecule has 1 aliphatic heterocycles. The van der Waals surface area contributed by atoms with Gasteiger partial charge in [-0.25, -0.2) is 4.98 Å². The van der Waals surface area contributed by atoms with E-state index in [0.29, 0.717) is 12.6 Å². The Kier molecular flexibility index (Phi) is 4.37. The van der Waals surface area contributed by atoms with E-state index in [2.05, 4.69) is 21.3 Å². The van der Waals surface area contributed by atoms with Crippen molar-refractivity contribution < 1.29 is 4.74 Å². The lowest BCUT2D eigenvalue weighted by Gasteiger charge is -2.31. The van der Waals surface area contributed by atoms with Gasteiger partial charge in [-0.2, -0.15) is 5.26 Å². The van der Waals surface area contributed by atoms with Crippen LogP contribution in [0.2, 0.25) is 0 Å². The van der Waals surface area contributed by atoms with Gasteiger partial charge in [0.1, 0.15) is 0 Å². The van der Waals surface area contributed by atoms with Crippen molar-refractivity contribution in [3.05, 3.63) is 18.3 Å². The molecule has 0 unspecified atom stereocenters.